The topological polar surface area (TPSA) is 15.5 Å². The van der Waals surface area contributed by atoms with E-state index in [1.54, 1.807) is 0 Å². The van der Waals surface area contributed by atoms with Crippen molar-refractivity contribution < 1.29 is 23.8 Å². The average Bonchev–Trinajstić information content (AvgIpc) is 0.812. The standard InChI is InChI=1S/2C24H28N.2C23H26N/c2*1-18-8-6-7-9-22(18)23-16-21(14-15-25(23)5)20-12-10-19(11-13-20)17-24(2,3)4;2*1-17(2)15-19-9-11-20(12-10-19)21-13-14-24(4)23(16-21)22-8-6-5-7-18(22)3/h2*6-16H,17H2,1-5H3;2*5-14,16-17H,15H2,1-4H3/q4*+1/i17D2;;15D2;. The highest BCUT2D eigenvalue weighted by Crippen LogP contribution is 2.32. The molecule has 4 heterocycles. The van der Waals surface area contributed by atoms with Crippen LogP contribution >= 0.6 is 0 Å². The van der Waals surface area contributed by atoms with Crippen molar-refractivity contribution >= 4 is 0 Å². The maximum Gasteiger partial charge on any atom is 0.213 e. The number of pyridine rings is 4. The number of nitrogens with zero attached hydrogens (tertiary/aromatic N) is 4. The summed E-state index contributed by atoms with van der Waals surface area (Å²) < 4.78 is 42.1. The fourth-order valence-electron chi connectivity index (χ4n) is 12.5. The van der Waals surface area contributed by atoms with Gasteiger partial charge in [-0.25, -0.2) is 18.3 Å². The molecule has 0 saturated carbocycles. The van der Waals surface area contributed by atoms with Gasteiger partial charge in [0.25, 0.3) is 0 Å². The van der Waals surface area contributed by atoms with E-state index in [1.165, 1.54) is 101 Å². The molecule has 8 aromatic carbocycles. The zero-order chi connectivity index (χ0) is 73.8. The van der Waals surface area contributed by atoms with Crippen molar-refractivity contribution in [2.45, 2.75) is 123 Å². The number of aryl methyl sites for hydroxylation is 8. The molecule has 0 unspecified atom stereocenters. The van der Waals surface area contributed by atoms with E-state index in [4.69, 9.17) is 5.48 Å². The van der Waals surface area contributed by atoms with Gasteiger partial charge in [0.1, 0.15) is 28.2 Å². The largest absolute Gasteiger partial charge is 0.213 e. The molecule has 0 aliphatic heterocycles. The first-order chi connectivity index (χ1) is 48.3. The molecular formula is C94H108N4+4. The molecule has 12 aromatic rings. The van der Waals surface area contributed by atoms with Crippen LogP contribution in [0.3, 0.4) is 0 Å². The molecule has 0 aliphatic carbocycles. The van der Waals surface area contributed by atoms with Crippen molar-refractivity contribution in [3.8, 4) is 89.5 Å². The molecule has 0 aliphatic rings. The Morgan fingerprint density at radius 2 is 0.561 bits per heavy atom. The monoisotopic (exact) mass is 1300 g/mol. The van der Waals surface area contributed by atoms with Gasteiger partial charge in [-0.15, -0.1) is 0 Å². The molecule has 4 aromatic heterocycles. The van der Waals surface area contributed by atoms with Crippen molar-refractivity contribution in [1.29, 1.82) is 0 Å². The molecule has 4 nitrogen and oxygen atoms in total. The summed E-state index contributed by atoms with van der Waals surface area (Å²) in [7, 11) is 8.34. The van der Waals surface area contributed by atoms with Crippen molar-refractivity contribution in [2.24, 2.45) is 50.9 Å². The van der Waals surface area contributed by atoms with E-state index >= 15 is 0 Å². The van der Waals surface area contributed by atoms with E-state index in [2.05, 4.69) is 328 Å². The van der Waals surface area contributed by atoms with Gasteiger partial charge in [-0.1, -0.05) is 239 Å². The van der Waals surface area contributed by atoms with Crippen molar-refractivity contribution in [2.75, 3.05) is 0 Å². The van der Waals surface area contributed by atoms with Crippen molar-refractivity contribution in [3.63, 3.8) is 0 Å². The maximum atomic E-state index is 8.46. The molecule has 4 heteroatoms. The Morgan fingerprint density at radius 3 is 0.816 bits per heavy atom. The predicted octanol–water partition coefficient (Wildman–Crippen LogP) is 22.2. The second-order valence-electron chi connectivity index (χ2n) is 29.5. The smallest absolute Gasteiger partial charge is 0.201 e. The summed E-state index contributed by atoms with van der Waals surface area (Å²) in [6, 6.07) is 85.3. The van der Waals surface area contributed by atoms with Crippen molar-refractivity contribution in [1.82, 2.24) is 0 Å². The molecule has 12 rings (SSSR count). The molecule has 0 fully saturated rings. The second kappa shape index (κ2) is 33.1. The minimum atomic E-state index is -1.37. The van der Waals surface area contributed by atoms with Crippen LogP contribution < -0.4 is 18.3 Å². The van der Waals surface area contributed by atoms with E-state index in [1.807, 2.05) is 83.1 Å². The molecule has 0 radical (unpaired) electrons. The highest BCUT2D eigenvalue weighted by molar-refractivity contribution is 5.74. The van der Waals surface area contributed by atoms with Crippen LogP contribution in [0.15, 0.2) is 267 Å². The molecule has 500 valence electrons. The van der Waals surface area contributed by atoms with E-state index < -0.39 is 18.2 Å². The lowest BCUT2D eigenvalue weighted by molar-refractivity contribution is -0.660. The fourth-order valence-corrected chi connectivity index (χ4v) is 12.5. The zero-order valence-corrected chi connectivity index (χ0v) is 61.8. The number of aromatic nitrogens is 4. The third-order valence-electron chi connectivity index (χ3n) is 17.6. The molecule has 0 N–H and O–H groups in total. The Morgan fingerprint density at radius 1 is 0.296 bits per heavy atom. The van der Waals surface area contributed by atoms with Crippen LogP contribution in [0.2, 0.25) is 0 Å². The van der Waals surface area contributed by atoms with Gasteiger partial charge in [0.05, 0.1) is 0 Å². The number of hydrogen-bond acceptors (Lipinski definition) is 0. The quantitative estimate of drug-likeness (QED) is 0.0965. The highest BCUT2D eigenvalue weighted by atomic mass is 14.9. The fraction of sp³-hybridized carbons (Fsp3) is 0.277. The SMILES string of the molecule is Cc1ccccc1-c1cc(-c2ccc(CC(C)(C)C)cc2)cc[n+]1C.Cc1ccccc1-c1cc(-c2ccc(CC(C)C)cc2)cc[n+]1C.[2H]C([2H])(c1ccc(-c2cc[n+](C)c(-c3ccccc3C)c2)cc1)C(C)(C)C.[2H]C([2H])(c1ccc(-c2cc[n+](C)c(-c3ccccc3C)c2)cc1)C(C)C. The minimum Gasteiger partial charge on any atom is -0.201 e. The first-order valence-electron chi connectivity index (χ1n) is 36.9. The molecule has 0 amide bonds. The van der Waals surface area contributed by atoms with Crippen LogP contribution in [-0.2, 0) is 53.8 Å². The second-order valence-corrected chi connectivity index (χ2v) is 29.5. The van der Waals surface area contributed by atoms with E-state index in [-0.39, 0.29) is 5.92 Å². The number of hydrogen-bond donors (Lipinski definition) is 0. The van der Waals surface area contributed by atoms with Crippen LogP contribution in [0, 0.1) is 50.4 Å². The summed E-state index contributed by atoms with van der Waals surface area (Å²) in [5, 5.41) is 0. The normalized spacial score (nSPS) is 12.2. The highest BCUT2D eigenvalue weighted by Gasteiger charge is 2.20. The van der Waals surface area contributed by atoms with Gasteiger partial charge in [0.15, 0.2) is 24.8 Å². The average molecular weight is 1300 g/mol. The van der Waals surface area contributed by atoms with Crippen LogP contribution in [0.5, 0.6) is 0 Å². The van der Waals surface area contributed by atoms with Crippen LogP contribution in [0.1, 0.15) is 119 Å². The minimum absolute atomic E-state index is 0.0585. The Hall–Kier alpha value is -9.64. The third-order valence-corrected chi connectivity index (χ3v) is 17.6. The Bertz CT molecular complexity index is 4780. The summed E-state index contributed by atoms with van der Waals surface area (Å²) in [5.74, 6) is 0.635. The van der Waals surface area contributed by atoms with E-state index in [9.17, 15) is 0 Å². The summed E-state index contributed by atoms with van der Waals surface area (Å²) in [4.78, 5) is 0. The summed E-state index contributed by atoms with van der Waals surface area (Å²) >= 11 is 0. The maximum absolute atomic E-state index is 8.46. The first kappa shape index (κ1) is 67.0. The molecule has 0 spiro atoms. The lowest BCUT2D eigenvalue weighted by Crippen LogP contribution is -2.30. The summed E-state index contributed by atoms with van der Waals surface area (Å²) in [6.45, 7) is 29.6. The molecule has 0 saturated heterocycles. The van der Waals surface area contributed by atoms with Crippen LogP contribution in [0.25, 0.3) is 89.5 Å². The summed E-state index contributed by atoms with van der Waals surface area (Å²) in [6.07, 6.45) is 8.02. The predicted molar refractivity (Wildman–Crippen MR) is 416 cm³/mol. The lowest BCUT2D eigenvalue weighted by atomic mass is 9.87. The van der Waals surface area contributed by atoms with Crippen molar-refractivity contribution in [3.05, 3.63) is 312 Å². The molecule has 0 bridgehead atoms. The number of benzene rings is 8. The Labute approximate surface area is 595 Å². The summed E-state index contributed by atoms with van der Waals surface area (Å²) in [5.41, 5.74) is 28.6. The molecule has 0 atom stereocenters. The Kier molecular flexibility index (Phi) is 22.6. The van der Waals surface area contributed by atoms with Gasteiger partial charge < -0.3 is 0 Å². The lowest BCUT2D eigenvalue weighted by Gasteiger charge is -2.18. The van der Waals surface area contributed by atoms with E-state index in [0.717, 1.165) is 46.2 Å². The molecule has 98 heavy (non-hydrogen) atoms. The van der Waals surface area contributed by atoms with Gasteiger partial charge in [-0.2, -0.15) is 0 Å². The van der Waals surface area contributed by atoms with Gasteiger partial charge in [-0.05, 0) is 189 Å². The van der Waals surface area contributed by atoms with E-state index in [0.29, 0.717) is 11.3 Å². The molecular weight excluding hydrogens is 1190 g/mol. The van der Waals surface area contributed by atoms with Crippen LogP contribution in [-0.4, -0.2) is 0 Å². The van der Waals surface area contributed by atoms with Gasteiger partial charge in [0.2, 0.25) is 22.8 Å². The third kappa shape index (κ3) is 20.2. The van der Waals surface area contributed by atoms with Gasteiger partial charge in [0, 0.05) is 76.3 Å². The van der Waals surface area contributed by atoms with Gasteiger partial charge >= 0.3 is 0 Å². The zero-order valence-electron chi connectivity index (χ0n) is 65.8. The van der Waals surface area contributed by atoms with Gasteiger partial charge in [-0.3, -0.25) is 0 Å². The first-order valence-corrected chi connectivity index (χ1v) is 34.9. The number of rotatable bonds is 14. The van der Waals surface area contributed by atoms with Crippen LogP contribution in [0.4, 0.5) is 0 Å². The Balaban J connectivity index is 0.000000158.